The van der Waals surface area contributed by atoms with Gasteiger partial charge in [-0.3, -0.25) is 15.4 Å². The molecular formula is C14H14N4O4. The zero-order valence-corrected chi connectivity index (χ0v) is 11.6. The fraction of sp³-hybridized carbons (Fsp3) is 0.286. The zero-order valence-electron chi connectivity index (χ0n) is 11.6. The number of ketones is 1. The Morgan fingerprint density at radius 2 is 2.14 bits per heavy atom. The van der Waals surface area contributed by atoms with Gasteiger partial charge in [-0.05, 0) is 18.4 Å². The van der Waals surface area contributed by atoms with Crippen LogP contribution in [0.4, 0.5) is 4.79 Å². The SMILES string of the molecule is NC1(C(=O)c2ncon2)c2ccccc2CCCN1C(=O)O. The van der Waals surface area contributed by atoms with Gasteiger partial charge in [0.2, 0.25) is 18.0 Å². The lowest BCUT2D eigenvalue weighted by molar-refractivity contribution is 0.0521. The Bertz CT molecular complexity index is 715. The number of carboxylic acid groups (broad SMARTS) is 1. The van der Waals surface area contributed by atoms with E-state index in [1.807, 2.05) is 12.1 Å². The number of amides is 1. The molecule has 2 heterocycles. The summed E-state index contributed by atoms with van der Waals surface area (Å²) >= 11 is 0. The highest BCUT2D eigenvalue weighted by molar-refractivity contribution is 6.02. The first-order chi connectivity index (χ1) is 10.5. The molecule has 8 heteroatoms. The van der Waals surface area contributed by atoms with E-state index in [9.17, 15) is 14.7 Å². The number of rotatable bonds is 2. The number of nitrogens with two attached hydrogens (primary N) is 1. The topological polar surface area (TPSA) is 123 Å². The number of carbonyl (C=O) groups is 2. The fourth-order valence-electron chi connectivity index (χ4n) is 2.79. The summed E-state index contributed by atoms with van der Waals surface area (Å²) in [5.41, 5.74) is 5.74. The number of aryl methyl sites for hydroxylation is 1. The summed E-state index contributed by atoms with van der Waals surface area (Å²) in [6.07, 6.45) is 0.945. The average molecular weight is 302 g/mol. The summed E-state index contributed by atoms with van der Waals surface area (Å²) in [5.74, 6) is -0.955. The van der Waals surface area contributed by atoms with Gasteiger partial charge in [0.15, 0.2) is 5.66 Å². The van der Waals surface area contributed by atoms with Crippen LogP contribution >= 0.6 is 0 Å². The lowest BCUT2D eigenvalue weighted by Crippen LogP contribution is -2.60. The molecule has 0 fully saturated rings. The molecular weight excluding hydrogens is 288 g/mol. The van der Waals surface area contributed by atoms with Crippen LogP contribution in [0.2, 0.25) is 0 Å². The second-order valence-corrected chi connectivity index (χ2v) is 5.05. The number of carbonyl (C=O) groups excluding carboxylic acids is 1. The molecule has 0 saturated carbocycles. The summed E-state index contributed by atoms with van der Waals surface area (Å²) in [7, 11) is 0. The predicted octanol–water partition coefficient (Wildman–Crippen LogP) is 0.990. The fourth-order valence-corrected chi connectivity index (χ4v) is 2.79. The van der Waals surface area contributed by atoms with Gasteiger partial charge in [-0.2, -0.15) is 4.98 Å². The standard InChI is InChI=1S/C14H14N4O4/c15-14(11(19)12-16-8-22-17-12)10-6-2-1-4-9(10)5-3-7-18(14)13(20)21/h1-2,4,6,8H,3,5,7,15H2,(H,20,21). The van der Waals surface area contributed by atoms with Crippen LogP contribution in [-0.4, -0.2) is 38.6 Å². The highest BCUT2D eigenvalue weighted by Crippen LogP contribution is 2.33. The number of benzene rings is 1. The maximum absolute atomic E-state index is 12.8. The van der Waals surface area contributed by atoms with Gasteiger partial charge >= 0.3 is 6.09 Å². The second kappa shape index (κ2) is 5.23. The molecule has 0 radical (unpaired) electrons. The van der Waals surface area contributed by atoms with E-state index >= 15 is 0 Å². The van der Waals surface area contributed by atoms with Gasteiger partial charge in [-0.15, -0.1) is 0 Å². The number of nitrogens with zero attached hydrogens (tertiary/aromatic N) is 3. The Kier molecular flexibility index (Phi) is 3.38. The van der Waals surface area contributed by atoms with Crippen LogP contribution in [0.15, 0.2) is 35.2 Å². The lowest BCUT2D eigenvalue weighted by atomic mass is 9.89. The van der Waals surface area contributed by atoms with E-state index in [4.69, 9.17) is 5.73 Å². The van der Waals surface area contributed by atoms with Crippen molar-refractivity contribution >= 4 is 11.9 Å². The number of aromatic nitrogens is 2. The van der Waals surface area contributed by atoms with Crippen LogP contribution in [0.25, 0.3) is 0 Å². The number of Topliss-reactive ketones (excluding diaryl/α,β-unsaturated/α-hetero) is 1. The van der Waals surface area contributed by atoms with Crippen molar-refractivity contribution in [1.82, 2.24) is 15.0 Å². The molecule has 0 bridgehead atoms. The number of hydrogen-bond acceptors (Lipinski definition) is 6. The van der Waals surface area contributed by atoms with E-state index in [1.54, 1.807) is 12.1 Å². The maximum atomic E-state index is 12.8. The predicted molar refractivity (Wildman–Crippen MR) is 74.0 cm³/mol. The molecule has 1 aliphatic heterocycles. The Morgan fingerprint density at radius 3 is 2.82 bits per heavy atom. The quantitative estimate of drug-likeness (QED) is 0.793. The zero-order chi connectivity index (χ0) is 15.7. The molecule has 0 saturated heterocycles. The van der Waals surface area contributed by atoms with Crippen LogP contribution in [-0.2, 0) is 12.1 Å². The van der Waals surface area contributed by atoms with Crippen molar-refractivity contribution in [1.29, 1.82) is 0 Å². The van der Waals surface area contributed by atoms with Crippen molar-refractivity contribution in [3.8, 4) is 0 Å². The molecule has 0 aliphatic carbocycles. The van der Waals surface area contributed by atoms with E-state index < -0.39 is 17.5 Å². The van der Waals surface area contributed by atoms with Gasteiger partial charge in [-0.1, -0.05) is 29.4 Å². The molecule has 3 N–H and O–H groups in total. The summed E-state index contributed by atoms with van der Waals surface area (Å²) < 4.78 is 4.58. The smallest absolute Gasteiger partial charge is 0.409 e. The van der Waals surface area contributed by atoms with Gasteiger partial charge < -0.3 is 9.63 Å². The van der Waals surface area contributed by atoms with Crippen molar-refractivity contribution in [2.75, 3.05) is 6.54 Å². The Hall–Kier alpha value is -2.74. The largest absolute Gasteiger partial charge is 0.465 e. The normalized spacial score (nSPS) is 21.0. The third-order valence-electron chi connectivity index (χ3n) is 3.82. The first-order valence-corrected chi connectivity index (χ1v) is 6.74. The van der Waals surface area contributed by atoms with E-state index in [0.717, 1.165) is 16.9 Å². The molecule has 2 aromatic rings. The van der Waals surface area contributed by atoms with E-state index in [2.05, 4.69) is 14.7 Å². The minimum absolute atomic E-state index is 0.143. The summed E-state index contributed by atoms with van der Waals surface area (Å²) in [5, 5.41) is 13.0. The second-order valence-electron chi connectivity index (χ2n) is 5.05. The number of hydrogen-bond donors (Lipinski definition) is 2. The molecule has 3 rings (SSSR count). The summed E-state index contributed by atoms with van der Waals surface area (Å²) in [4.78, 5) is 29.1. The highest BCUT2D eigenvalue weighted by atomic mass is 16.5. The monoisotopic (exact) mass is 302 g/mol. The average Bonchev–Trinajstić information content (AvgIpc) is 2.99. The molecule has 1 atom stereocenters. The van der Waals surface area contributed by atoms with Crippen molar-refractivity contribution in [3.05, 3.63) is 47.6 Å². The lowest BCUT2D eigenvalue weighted by Gasteiger charge is -2.36. The van der Waals surface area contributed by atoms with Crippen LogP contribution in [0.1, 0.15) is 28.2 Å². The van der Waals surface area contributed by atoms with Crippen molar-refractivity contribution in [2.24, 2.45) is 5.73 Å². The molecule has 1 aliphatic rings. The molecule has 1 unspecified atom stereocenters. The third-order valence-corrected chi connectivity index (χ3v) is 3.82. The van der Waals surface area contributed by atoms with Crippen molar-refractivity contribution in [2.45, 2.75) is 18.5 Å². The highest BCUT2D eigenvalue weighted by Gasteiger charge is 2.48. The number of fused-ring (bicyclic) bond motifs is 1. The van der Waals surface area contributed by atoms with E-state index in [0.29, 0.717) is 18.4 Å². The Balaban J connectivity index is 2.21. The van der Waals surface area contributed by atoms with Crippen LogP contribution in [0, 0.1) is 0 Å². The van der Waals surface area contributed by atoms with Gasteiger partial charge in [0.1, 0.15) is 0 Å². The molecule has 114 valence electrons. The molecule has 1 aromatic carbocycles. The first kappa shape index (κ1) is 14.2. The minimum atomic E-state index is -1.87. The Labute approximate surface area is 125 Å². The van der Waals surface area contributed by atoms with Gasteiger partial charge in [0.05, 0.1) is 0 Å². The van der Waals surface area contributed by atoms with Crippen molar-refractivity contribution < 1.29 is 19.2 Å². The summed E-state index contributed by atoms with van der Waals surface area (Å²) in [6, 6.07) is 7.05. The molecule has 1 aromatic heterocycles. The van der Waals surface area contributed by atoms with Gasteiger partial charge in [-0.25, -0.2) is 4.79 Å². The maximum Gasteiger partial charge on any atom is 0.409 e. The van der Waals surface area contributed by atoms with Crippen LogP contribution in [0.5, 0.6) is 0 Å². The minimum Gasteiger partial charge on any atom is -0.465 e. The molecule has 1 amide bonds. The van der Waals surface area contributed by atoms with E-state index in [-0.39, 0.29) is 12.4 Å². The third kappa shape index (κ3) is 2.04. The van der Waals surface area contributed by atoms with Gasteiger partial charge in [0, 0.05) is 12.1 Å². The first-order valence-electron chi connectivity index (χ1n) is 6.74. The summed E-state index contributed by atoms with van der Waals surface area (Å²) in [6.45, 7) is 0.143. The van der Waals surface area contributed by atoms with Crippen LogP contribution in [0.3, 0.4) is 0 Å². The van der Waals surface area contributed by atoms with Crippen LogP contribution < -0.4 is 5.73 Å². The molecule has 22 heavy (non-hydrogen) atoms. The van der Waals surface area contributed by atoms with Gasteiger partial charge in [0.25, 0.3) is 0 Å². The van der Waals surface area contributed by atoms with E-state index in [1.165, 1.54) is 0 Å². The molecule has 8 nitrogen and oxygen atoms in total. The van der Waals surface area contributed by atoms with Crippen molar-refractivity contribution in [3.63, 3.8) is 0 Å². The molecule has 0 spiro atoms. The Morgan fingerprint density at radius 1 is 1.36 bits per heavy atom.